The van der Waals surface area contributed by atoms with Gasteiger partial charge in [-0.3, -0.25) is 4.79 Å². The molecule has 76 valence electrons. The minimum atomic E-state index is -0.0330. The van der Waals surface area contributed by atoms with Gasteiger partial charge >= 0.3 is 5.97 Å². The molecule has 3 heteroatoms. The summed E-state index contributed by atoms with van der Waals surface area (Å²) in [5.74, 6) is 0.611. The van der Waals surface area contributed by atoms with Gasteiger partial charge in [-0.15, -0.1) is 0 Å². The molecule has 0 bridgehead atoms. The highest BCUT2D eigenvalue weighted by Gasteiger charge is 2.28. The van der Waals surface area contributed by atoms with Crippen molar-refractivity contribution in [2.24, 2.45) is 11.8 Å². The molecule has 0 saturated carbocycles. The SMILES string of the molecule is CCC(C(=O)OC)C1CCNCC1. The largest absolute Gasteiger partial charge is 0.469 e. The molecular formula is C10H19NO2. The summed E-state index contributed by atoms with van der Waals surface area (Å²) >= 11 is 0. The van der Waals surface area contributed by atoms with E-state index in [1.807, 2.05) is 0 Å². The summed E-state index contributed by atoms with van der Waals surface area (Å²) in [4.78, 5) is 11.4. The van der Waals surface area contributed by atoms with Gasteiger partial charge in [0.15, 0.2) is 0 Å². The Kier molecular flexibility index (Phi) is 4.22. The zero-order valence-electron chi connectivity index (χ0n) is 8.51. The average Bonchev–Trinajstić information content (AvgIpc) is 2.20. The van der Waals surface area contributed by atoms with Crippen molar-refractivity contribution in [1.29, 1.82) is 0 Å². The molecule has 0 spiro atoms. The number of ether oxygens (including phenoxy) is 1. The van der Waals surface area contributed by atoms with Crippen LogP contribution >= 0.6 is 0 Å². The van der Waals surface area contributed by atoms with Gasteiger partial charge in [-0.2, -0.15) is 0 Å². The fourth-order valence-electron chi connectivity index (χ4n) is 2.09. The number of carbonyl (C=O) groups excluding carboxylic acids is 1. The molecule has 1 N–H and O–H groups in total. The molecular weight excluding hydrogens is 166 g/mol. The molecule has 1 heterocycles. The highest BCUT2D eigenvalue weighted by Crippen LogP contribution is 2.25. The summed E-state index contributed by atoms with van der Waals surface area (Å²) < 4.78 is 4.80. The minimum absolute atomic E-state index is 0.0330. The Hall–Kier alpha value is -0.570. The maximum atomic E-state index is 11.4. The lowest BCUT2D eigenvalue weighted by molar-refractivity contribution is -0.147. The zero-order chi connectivity index (χ0) is 9.68. The van der Waals surface area contributed by atoms with E-state index >= 15 is 0 Å². The summed E-state index contributed by atoms with van der Waals surface area (Å²) in [6.07, 6.45) is 3.11. The Morgan fingerprint density at radius 3 is 2.62 bits per heavy atom. The molecule has 1 atom stereocenters. The number of rotatable bonds is 3. The van der Waals surface area contributed by atoms with Crippen molar-refractivity contribution in [2.75, 3.05) is 20.2 Å². The number of esters is 1. The van der Waals surface area contributed by atoms with E-state index in [9.17, 15) is 4.79 Å². The zero-order valence-corrected chi connectivity index (χ0v) is 8.51. The maximum absolute atomic E-state index is 11.4. The monoisotopic (exact) mass is 185 g/mol. The Labute approximate surface area is 79.8 Å². The molecule has 1 fully saturated rings. The van der Waals surface area contributed by atoms with E-state index in [2.05, 4.69) is 12.2 Å². The third kappa shape index (κ3) is 2.69. The van der Waals surface area contributed by atoms with Gasteiger partial charge < -0.3 is 10.1 Å². The van der Waals surface area contributed by atoms with Gasteiger partial charge in [-0.25, -0.2) is 0 Å². The van der Waals surface area contributed by atoms with Crippen LogP contribution in [0.1, 0.15) is 26.2 Å². The summed E-state index contributed by atoms with van der Waals surface area (Å²) in [7, 11) is 1.48. The number of nitrogens with one attached hydrogen (secondary N) is 1. The highest BCUT2D eigenvalue weighted by atomic mass is 16.5. The van der Waals surface area contributed by atoms with Gasteiger partial charge in [0, 0.05) is 0 Å². The van der Waals surface area contributed by atoms with Gasteiger partial charge in [0.05, 0.1) is 13.0 Å². The van der Waals surface area contributed by atoms with Crippen molar-refractivity contribution in [3.8, 4) is 0 Å². The summed E-state index contributed by atoms with van der Waals surface area (Å²) in [6.45, 7) is 4.14. The lowest BCUT2D eigenvalue weighted by atomic mass is 9.83. The standard InChI is InChI=1S/C10H19NO2/c1-3-9(10(12)13-2)8-4-6-11-7-5-8/h8-9,11H,3-7H2,1-2H3. The topological polar surface area (TPSA) is 38.3 Å². The van der Waals surface area contributed by atoms with Gasteiger partial charge in [0.25, 0.3) is 0 Å². The third-order valence-electron chi connectivity index (χ3n) is 2.90. The lowest BCUT2D eigenvalue weighted by Gasteiger charge is -2.28. The third-order valence-corrected chi connectivity index (χ3v) is 2.90. The van der Waals surface area contributed by atoms with Gasteiger partial charge in [-0.05, 0) is 38.3 Å². The second-order valence-corrected chi connectivity index (χ2v) is 3.63. The molecule has 1 rings (SSSR count). The number of piperidine rings is 1. The van der Waals surface area contributed by atoms with Crippen molar-refractivity contribution in [3.63, 3.8) is 0 Å². The average molecular weight is 185 g/mol. The van der Waals surface area contributed by atoms with E-state index in [0.29, 0.717) is 5.92 Å². The second-order valence-electron chi connectivity index (χ2n) is 3.63. The second kappa shape index (κ2) is 5.22. The predicted octanol–water partition coefficient (Wildman–Crippen LogP) is 1.19. The van der Waals surface area contributed by atoms with Gasteiger partial charge in [0.2, 0.25) is 0 Å². The van der Waals surface area contributed by atoms with Crippen molar-refractivity contribution in [2.45, 2.75) is 26.2 Å². The normalized spacial score (nSPS) is 21.1. The lowest BCUT2D eigenvalue weighted by Crippen LogP contribution is -2.34. The molecule has 1 unspecified atom stereocenters. The Morgan fingerprint density at radius 2 is 2.15 bits per heavy atom. The number of hydrogen-bond acceptors (Lipinski definition) is 3. The summed E-state index contributed by atoms with van der Waals surface area (Å²) in [6, 6.07) is 0. The minimum Gasteiger partial charge on any atom is -0.469 e. The van der Waals surface area contributed by atoms with Crippen LogP contribution in [-0.4, -0.2) is 26.2 Å². The van der Waals surface area contributed by atoms with E-state index in [1.165, 1.54) is 7.11 Å². The quantitative estimate of drug-likeness (QED) is 0.671. The Bertz CT molecular complexity index is 164. The molecule has 3 nitrogen and oxygen atoms in total. The molecule has 1 aliphatic heterocycles. The Morgan fingerprint density at radius 1 is 1.54 bits per heavy atom. The van der Waals surface area contributed by atoms with Gasteiger partial charge in [-0.1, -0.05) is 6.92 Å². The first-order valence-electron chi connectivity index (χ1n) is 5.08. The predicted molar refractivity (Wildman–Crippen MR) is 51.4 cm³/mol. The smallest absolute Gasteiger partial charge is 0.308 e. The first kappa shape index (κ1) is 10.5. The highest BCUT2D eigenvalue weighted by molar-refractivity contribution is 5.72. The molecule has 13 heavy (non-hydrogen) atoms. The Balaban J connectivity index is 2.48. The van der Waals surface area contributed by atoms with Crippen LogP contribution < -0.4 is 5.32 Å². The van der Waals surface area contributed by atoms with E-state index in [-0.39, 0.29) is 11.9 Å². The van der Waals surface area contributed by atoms with E-state index in [1.54, 1.807) is 0 Å². The van der Waals surface area contributed by atoms with Crippen LogP contribution in [-0.2, 0) is 9.53 Å². The number of hydrogen-bond donors (Lipinski definition) is 1. The molecule has 0 aromatic carbocycles. The first-order valence-corrected chi connectivity index (χ1v) is 5.08. The van der Waals surface area contributed by atoms with Crippen molar-refractivity contribution >= 4 is 5.97 Å². The van der Waals surface area contributed by atoms with Gasteiger partial charge in [0.1, 0.15) is 0 Å². The molecule has 0 radical (unpaired) electrons. The molecule has 0 aliphatic carbocycles. The number of methoxy groups -OCH3 is 1. The van der Waals surface area contributed by atoms with Crippen molar-refractivity contribution < 1.29 is 9.53 Å². The van der Waals surface area contributed by atoms with Crippen LogP contribution in [0.4, 0.5) is 0 Å². The maximum Gasteiger partial charge on any atom is 0.308 e. The van der Waals surface area contributed by atoms with Crippen molar-refractivity contribution in [3.05, 3.63) is 0 Å². The number of carbonyl (C=O) groups is 1. The first-order chi connectivity index (χ1) is 6.29. The molecule has 0 aromatic heterocycles. The van der Waals surface area contributed by atoms with Crippen LogP contribution in [0.2, 0.25) is 0 Å². The van der Waals surface area contributed by atoms with Crippen LogP contribution in [0, 0.1) is 11.8 Å². The van der Waals surface area contributed by atoms with E-state index in [4.69, 9.17) is 4.74 Å². The van der Waals surface area contributed by atoms with Crippen LogP contribution in [0.3, 0.4) is 0 Å². The van der Waals surface area contributed by atoms with Crippen LogP contribution in [0.5, 0.6) is 0 Å². The summed E-state index contributed by atoms with van der Waals surface area (Å²) in [5, 5.41) is 3.30. The van der Waals surface area contributed by atoms with Crippen molar-refractivity contribution in [1.82, 2.24) is 5.32 Å². The van der Waals surface area contributed by atoms with E-state index in [0.717, 1.165) is 32.4 Å². The molecule has 0 aromatic rings. The fraction of sp³-hybridized carbons (Fsp3) is 0.900. The molecule has 1 saturated heterocycles. The van der Waals surface area contributed by atoms with Crippen LogP contribution in [0.25, 0.3) is 0 Å². The summed E-state index contributed by atoms with van der Waals surface area (Å²) in [5.41, 5.74) is 0. The molecule has 1 aliphatic rings. The fourth-order valence-corrected chi connectivity index (χ4v) is 2.09. The van der Waals surface area contributed by atoms with E-state index < -0.39 is 0 Å². The molecule has 0 amide bonds. The van der Waals surface area contributed by atoms with Crippen LogP contribution in [0.15, 0.2) is 0 Å².